The number of fused-ring (bicyclic) bond motifs is 34. The van der Waals surface area contributed by atoms with Gasteiger partial charge in [0, 0.05) is 108 Å². The van der Waals surface area contributed by atoms with Gasteiger partial charge in [-0.3, -0.25) is 0 Å². The molecule has 0 unspecified atom stereocenters. The van der Waals surface area contributed by atoms with Gasteiger partial charge in [0.2, 0.25) is 0 Å². The average molecular weight is 1860 g/mol. The van der Waals surface area contributed by atoms with E-state index in [9.17, 15) is 0 Å². The molecule has 0 saturated heterocycles. The van der Waals surface area contributed by atoms with Crippen LogP contribution in [0, 0.1) is 0 Å². The van der Waals surface area contributed by atoms with Crippen molar-refractivity contribution in [3.63, 3.8) is 0 Å². The standard InChI is InChI=1S/2C26H15N.3C18H11N.15C2H6/c2*1-3-8-18-14-24-22(12-16(18)6-1)20-10-5-11-21-23-13-17-7-2-4-9-19(17)15-25(23)27(24)26(20)21;3*1-3-10-16-12(6-1)14-8-5-9-15-13-7-2-4-11-17(13)19(16)18(14)15;15*1-2/h2*1-15H;3*1-11H;15*1-2H3. The van der Waals surface area contributed by atoms with Gasteiger partial charge in [-0.25, -0.2) is 0 Å². The molecule has 0 radical (unpaired) electrons. The molecule has 10 heterocycles. The van der Waals surface area contributed by atoms with Gasteiger partial charge in [-0.15, -0.1) is 0 Å². The SMILES string of the molecule is CC.CC.CC.CC.CC.CC.CC.CC.CC.CC.CC.CC.CC.CC.CC.c1ccc2c(c1)c1cccc3c4ccccc4n2c13.c1ccc2c(c1)c1cccc3c4ccccc4n2c13.c1ccc2c(c1)c1cccc3c4ccccc4n2c13.c1ccc2cc3c(cc2c1)c1cccc2c4cc5ccccc5cc4n3c12.c1ccc2cc3c(cc2c1)c1cccc2c4cc5ccccc5cc4n3c12. The van der Waals surface area contributed by atoms with Crippen LogP contribution in [0.5, 0.6) is 0 Å². The lowest BCUT2D eigenvalue weighted by Gasteiger charge is -2.03. The zero-order valence-electron chi connectivity index (χ0n) is 90.1. The second-order valence-electron chi connectivity index (χ2n) is 30.2. The first-order valence-electron chi connectivity index (χ1n) is 53.5. The van der Waals surface area contributed by atoms with Crippen LogP contribution in [-0.4, -0.2) is 22.0 Å². The van der Waals surface area contributed by atoms with E-state index in [0.717, 1.165) is 0 Å². The Labute approximate surface area is 839 Å². The molecule has 19 aromatic carbocycles. The summed E-state index contributed by atoms with van der Waals surface area (Å²) in [5.74, 6) is 0. The fraction of sp³-hybridized carbons (Fsp3) is 0.221. The van der Waals surface area contributed by atoms with E-state index in [1.807, 2.05) is 208 Å². The van der Waals surface area contributed by atoms with Crippen LogP contribution in [0.3, 0.4) is 0 Å². The third kappa shape index (κ3) is 19.4. The van der Waals surface area contributed by atoms with Crippen molar-refractivity contribution >= 4 is 234 Å². The number of rotatable bonds is 0. The Morgan fingerprint density at radius 2 is 0.199 bits per heavy atom. The lowest BCUT2D eigenvalue weighted by atomic mass is 10.0. The predicted molar refractivity (Wildman–Crippen MR) is 646 cm³/mol. The molecule has 0 fully saturated rings. The summed E-state index contributed by atoms with van der Waals surface area (Å²) in [5, 5.41) is 37.2. The summed E-state index contributed by atoms with van der Waals surface area (Å²) in [6, 6.07) is 139. The Morgan fingerprint density at radius 3 is 0.348 bits per heavy atom. The van der Waals surface area contributed by atoms with E-state index in [2.05, 4.69) is 404 Å². The fourth-order valence-electron chi connectivity index (χ4n) is 19.8. The molecule has 29 aromatic rings. The van der Waals surface area contributed by atoms with Gasteiger partial charge in [-0.1, -0.05) is 505 Å². The summed E-state index contributed by atoms with van der Waals surface area (Å²) in [6.45, 7) is 60.0. The minimum absolute atomic E-state index is 1.29. The fourth-order valence-corrected chi connectivity index (χ4v) is 19.8. The molecule has 5 heteroatoms. The summed E-state index contributed by atoms with van der Waals surface area (Å²) >= 11 is 0. The van der Waals surface area contributed by atoms with Crippen LogP contribution >= 0.6 is 0 Å². The third-order valence-electron chi connectivity index (χ3n) is 24.5. The normalized spacial score (nSPS) is 10.3. The topological polar surface area (TPSA) is 22.1 Å². The van der Waals surface area contributed by atoms with E-state index < -0.39 is 0 Å². The highest BCUT2D eigenvalue weighted by Gasteiger charge is 2.23. The van der Waals surface area contributed by atoms with Gasteiger partial charge >= 0.3 is 0 Å². The van der Waals surface area contributed by atoms with Crippen LogP contribution in [0.1, 0.15) is 208 Å². The van der Waals surface area contributed by atoms with Crippen molar-refractivity contribution in [2.24, 2.45) is 0 Å². The summed E-state index contributed by atoms with van der Waals surface area (Å²) in [7, 11) is 0. The molecule has 0 spiro atoms. The lowest BCUT2D eigenvalue weighted by Crippen LogP contribution is -1.82. The van der Waals surface area contributed by atoms with Crippen LogP contribution < -0.4 is 0 Å². The Hall–Kier alpha value is -14.8. The van der Waals surface area contributed by atoms with E-state index in [-0.39, 0.29) is 0 Å². The molecular weight excluding hydrogens is 1700 g/mol. The third-order valence-corrected chi connectivity index (χ3v) is 24.5. The van der Waals surface area contributed by atoms with Crippen molar-refractivity contribution in [2.75, 3.05) is 0 Å². The summed E-state index contributed by atoms with van der Waals surface area (Å²) in [6.07, 6.45) is 0. The van der Waals surface area contributed by atoms with Crippen LogP contribution in [0.25, 0.3) is 234 Å². The van der Waals surface area contributed by atoms with E-state index in [4.69, 9.17) is 0 Å². The maximum absolute atomic E-state index is 2.47. The van der Waals surface area contributed by atoms with Crippen molar-refractivity contribution < 1.29 is 0 Å². The van der Waals surface area contributed by atoms with Crippen LogP contribution in [-0.2, 0) is 0 Å². The quantitative estimate of drug-likeness (QED) is 0.144. The number of hydrogen-bond donors (Lipinski definition) is 0. The smallest absolute Gasteiger partial charge is 0.0620 e. The van der Waals surface area contributed by atoms with Gasteiger partial charge in [0.15, 0.2) is 0 Å². The van der Waals surface area contributed by atoms with E-state index in [0.29, 0.717) is 0 Å². The maximum atomic E-state index is 2.47. The second-order valence-corrected chi connectivity index (χ2v) is 30.2. The number of nitrogens with zero attached hydrogens (tertiary/aromatic N) is 5. The van der Waals surface area contributed by atoms with E-state index in [1.54, 1.807) is 0 Å². The first kappa shape index (κ1) is 108. The number of benzene rings is 19. The molecule has 141 heavy (non-hydrogen) atoms. The zero-order chi connectivity index (χ0) is 102. The Bertz CT molecular complexity index is 7710. The summed E-state index contributed by atoms with van der Waals surface area (Å²) in [5.41, 5.74) is 19.7. The molecule has 5 nitrogen and oxygen atoms in total. The minimum Gasteiger partial charge on any atom is -0.308 e. The number of aromatic nitrogens is 5. The summed E-state index contributed by atoms with van der Waals surface area (Å²) < 4.78 is 12.1. The van der Waals surface area contributed by atoms with Gasteiger partial charge in [0.05, 0.1) is 82.8 Å². The van der Waals surface area contributed by atoms with E-state index >= 15 is 0 Å². The van der Waals surface area contributed by atoms with Crippen LogP contribution in [0.2, 0.25) is 0 Å². The molecule has 0 atom stereocenters. The zero-order valence-corrected chi connectivity index (χ0v) is 90.1. The monoisotopic (exact) mass is 1860 g/mol. The van der Waals surface area contributed by atoms with Crippen molar-refractivity contribution in [2.45, 2.75) is 208 Å². The highest BCUT2D eigenvalue weighted by atomic mass is 14.9. The van der Waals surface area contributed by atoms with Crippen molar-refractivity contribution in [3.05, 3.63) is 382 Å². The Morgan fingerprint density at radius 1 is 0.0922 bits per heavy atom. The largest absolute Gasteiger partial charge is 0.308 e. The molecule has 0 aliphatic carbocycles. The van der Waals surface area contributed by atoms with Crippen molar-refractivity contribution in [1.82, 2.24) is 22.0 Å². The van der Waals surface area contributed by atoms with Crippen molar-refractivity contribution in [3.8, 4) is 0 Å². The minimum atomic E-state index is 1.29. The van der Waals surface area contributed by atoms with Crippen LogP contribution in [0.15, 0.2) is 382 Å². The first-order chi connectivity index (χ1) is 70.1. The molecule has 10 aromatic heterocycles. The first-order valence-corrected chi connectivity index (χ1v) is 53.5. The Kier molecular flexibility index (Phi) is 40.1. The lowest BCUT2D eigenvalue weighted by molar-refractivity contribution is 1.37. The summed E-state index contributed by atoms with van der Waals surface area (Å²) in [4.78, 5) is 0. The molecule has 0 amide bonds. The van der Waals surface area contributed by atoms with E-state index in [1.165, 1.54) is 234 Å². The molecule has 0 N–H and O–H groups in total. The maximum Gasteiger partial charge on any atom is 0.0620 e. The van der Waals surface area contributed by atoms with Crippen LogP contribution in [0.4, 0.5) is 0 Å². The molecule has 29 rings (SSSR count). The predicted octanol–water partition coefficient (Wildman–Crippen LogP) is 44.2. The average Bonchev–Trinajstić information content (AvgIpc) is 1.58. The highest BCUT2D eigenvalue weighted by molar-refractivity contribution is 6.30. The Balaban J connectivity index is 0.000000171. The van der Waals surface area contributed by atoms with Gasteiger partial charge in [0.1, 0.15) is 0 Å². The number of para-hydroxylation sites is 11. The van der Waals surface area contributed by atoms with Crippen molar-refractivity contribution in [1.29, 1.82) is 0 Å². The second kappa shape index (κ2) is 52.3. The molecule has 0 aliphatic heterocycles. The van der Waals surface area contributed by atoms with Gasteiger partial charge < -0.3 is 22.0 Å². The molecule has 0 bridgehead atoms. The van der Waals surface area contributed by atoms with Gasteiger partial charge in [0.25, 0.3) is 0 Å². The molecule has 0 saturated carbocycles. The van der Waals surface area contributed by atoms with Gasteiger partial charge in [-0.05, 0) is 128 Å². The highest BCUT2D eigenvalue weighted by Crippen LogP contribution is 2.47. The number of hydrogen-bond acceptors (Lipinski definition) is 0. The molecule has 722 valence electrons. The molecule has 0 aliphatic rings. The molecular formula is C136H153N5. The van der Waals surface area contributed by atoms with Gasteiger partial charge in [-0.2, -0.15) is 0 Å².